The molecule has 0 aliphatic rings. The van der Waals surface area contributed by atoms with Crippen molar-refractivity contribution in [2.24, 2.45) is 0 Å². The van der Waals surface area contributed by atoms with Crippen LogP contribution >= 0.6 is 0 Å². The summed E-state index contributed by atoms with van der Waals surface area (Å²) in [6.45, 7) is 4.96. The van der Waals surface area contributed by atoms with Crippen LogP contribution in [0.15, 0.2) is 42.6 Å². The molecule has 1 heterocycles. The third-order valence-corrected chi connectivity index (χ3v) is 3.29. The summed E-state index contributed by atoms with van der Waals surface area (Å²) in [5, 5.41) is 3.39. The molecule has 0 saturated carbocycles. The smallest absolute Gasteiger partial charge is 0.339 e. The van der Waals surface area contributed by atoms with Crippen LogP contribution in [0.1, 0.15) is 41.4 Å². The van der Waals surface area contributed by atoms with E-state index >= 15 is 0 Å². The van der Waals surface area contributed by atoms with Gasteiger partial charge in [-0.25, -0.2) is 4.79 Å². The molecular weight excluding hydrogens is 264 g/mol. The summed E-state index contributed by atoms with van der Waals surface area (Å²) >= 11 is 0. The van der Waals surface area contributed by atoms with E-state index in [-0.39, 0.29) is 5.97 Å². The topological polar surface area (TPSA) is 51.2 Å². The van der Waals surface area contributed by atoms with E-state index in [2.05, 4.69) is 41.0 Å². The molecule has 0 aliphatic heterocycles. The number of para-hydroxylation sites is 1. The molecule has 2 rings (SSSR count). The molecule has 0 fully saturated rings. The molecule has 2 aromatic rings. The second-order valence-corrected chi connectivity index (χ2v) is 5.13. The average molecular weight is 284 g/mol. The SMILES string of the molecule is COC(=O)c1ccc(CNc2ccccc2C(C)C)nc1. The standard InChI is InChI=1S/C17H20N2O2/c1-12(2)15-6-4-5-7-16(15)19-11-14-9-8-13(10-18-14)17(20)21-3/h4-10,12,19H,11H2,1-3H3. The number of hydrogen-bond donors (Lipinski definition) is 1. The van der Waals surface area contributed by atoms with Gasteiger partial charge >= 0.3 is 5.97 Å². The van der Waals surface area contributed by atoms with Crippen molar-refractivity contribution in [1.82, 2.24) is 4.98 Å². The van der Waals surface area contributed by atoms with E-state index in [0.717, 1.165) is 11.4 Å². The number of carbonyl (C=O) groups is 1. The Kier molecular flexibility index (Phi) is 4.93. The van der Waals surface area contributed by atoms with Crippen LogP contribution in [0.3, 0.4) is 0 Å². The lowest BCUT2D eigenvalue weighted by Gasteiger charge is -2.14. The number of rotatable bonds is 5. The third-order valence-electron chi connectivity index (χ3n) is 3.29. The lowest BCUT2D eigenvalue weighted by atomic mass is 10.0. The Bertz CT molecular complexity index is 606. The Morgan fingerprint density at radius 2 is 2.00 bits per heavy atom. The third kappa shape index (κ3) is 3.81. The molecule has 4 heteroatoms. The molecule has 1 aromatic heterocycles. The maximum Gasteiger partial charge on any atom is 0.339 e. The molecule has 0 saturated heterocycles. The number of hydrogen-bond acceptors (Lipinski definition) is 4. The van der Waals surface area contributed by atoms with Crippen LogP contribution in [0, 0.1) is 0 Å². The van der Waals surface area contributed by atoms with Gasteiger partial charge < -0.3 is 10.1 Å². The van der Waals surface area contributed by atoms with Gasteiger partial charge in [-0.15, -0.1) is 0 Å². The number of ether oxygens (including phenoxy) is 1. The fraction of sp³-hybridized carbons (Fsp3) is 0.294. The van der Waals surface area contributed by atoms with E-state index < -0.39 is 0 Å². The number of carbonyl (C=O) groups excluding carboxylic acids is 1. The monoisotopic (exact) mass is 284 g/mol. The van der Waals surface area contributed by atoms with E-state index in [9.17, 15) is 4.79 Å². The Balaban J connectivity index is 2.05. The largest absolute Gasteiger partial charge is 0.465 e. The van der Waals surface area contributed by atoms with Crippen LogP contribution in [-0.4, -0.2) is 18.1 Å². The van der Waals surface area contributed by atoms with E-state index in [0.29, 0.717) is 18.0 Å². The van der Waals surface area contributed by atoms with Gasteiger partial charge in [-0.3, -0.25) is 4.98 Å². The van der Waals surface area contributed by atoms with Crippen LogP contribution in [0.4, 0.5) is 5.69 Å². The molecular formula is C17H20N2O2. The highest BCUT2D eigenvalue weighted by molar-refractivity contribution is 5.88. The predicted octanol–water partition coefficient (Wildman–Crippen LogP) is 3.60. The molecule has 110 valence electrons. The van der Waals surface area contributed by atoms with Crippen LogP contribution in [0.25, 0.3) is 0 Å². The number of anilines is 1. The maximum atomic E-state index is 11.3. The maximum absolute atomic E-state index is 11.3. The van der Waals surface area contributed by atoms with Crippen LogP contribution in [0.5, 0.6) is 0 Å². The van der Waals surface area contributed by atoms with E-state index in [1.165, 1.54) is 18.9 Å². The van der Waals surface area contributed by atoms with Gasteiger partial charge in [-0.1, -0.05) is 32.0 Å². The van der Waals surface area contributed by atoms with Crippen LogP contribution in [-0.2, 0) is 11.3 Å². The van der Waals surface area contributed by atoms with Gasteiger partial charge in [0, 0.05) is 11.9 Å². The minimum absolute atomic E-state index is 0.368. The highest BCUT2D eigenvalue weighted by Gasteiger charge is 2.07. The van der Waals surface area contributed by atoms with Crippen molar-refractivity contribution in [2.45, 2.75) is 26.3 Å². The van der Waals surface area contributed by atoms with Crippen molar-refractivity contribution >= 4 is 11.7 Å². The van der Waals surface area contributed by atoms with Crippen LogP contribution in [0.2, 0.25) is 0 Å². The van der Waals surface area contributed by atoms with Gasteiger partial charge in [0.05, 0.1) is 24.9 Å². The van der Waals surface area contributed by atoms with Crippen molar-refractivity contribution in [2.75, 3.05) is 12.4 Å². The Hall–Kier alpha value is -2.36. The van der Waals surface area contributed by atoms with Crippen molar-refractivity contribution in [3.8, 4) is 0 Å². The van der Waals surface area contributed by atoms with Crippen molar-refractivity contribution in [1.29, 1.82) is 0 Å². The van der Waals surface area contributed by atoms with Gasteiger partial charge in [0.1, 0.15) is 0 Å². The fourth-order valence-corrected chi connectivity index (χ4v) is 2.11. The molecule has 1 N–H and O–H groups in total. The zero-order valence-corrected chi connectivity index (χ0v) is 12.6. The zero-order valence-electron chi connectivity index (χ0n) is 12.6. The van der Waals surface area contributed by atoms with Gasteiger partial charge in [0.25, 0.3) is 0 Å². The van der Waals surface area contributed by atoms with E-state index in [4.69, 9.17) is 0 Å². The van der Waals surface area contributed by atoms with Gasteiger partial charge in [-0.05, 0) is 29.7 Å². The molecule has 21 heavy (non-hydrogen) atoms. The second kappa shape index (κ2) is 6.88. The lowest BCUT2D eigenvalue weighted by Crippen LogP contribution is -2.06. The average Bonchev–Trinajstić information content (AvgIpc) is 2.52. The van der Waals surface area contributed by atoms with Crippen molar-refractivity contribution < 1.29 is 9.53 Å². The summed E-state index contributed by atoms with van der Waals surface area (Å²) in [6.07, 6.45) is 1.54. The highest BCUT2D eigenvalue weighted by atomic mass is 16.5. The Morgan fingerprint density at radius 3 is 2.62 bits per heavy atom. The normalized spacial score (nSPS) is 10.5. The number of nitrogens with zero attached hydrogens (tertiary/aromatic N) is 1. The number of aromatic nitrogens is 1. The molecule has 0 atom stereocenters. The number of benzene rings is 1. The minimum Gasteiger partial charge on any atom is -0.465 e. The molecule has 0 amide bonds. The van der Waals surface area contributed by atoms with Gasteiger partial charge in [0.2, 0.25) is 0 Å². The number of esters is 1. The van der Waals surface area contributed by atoms with Crippen molar-refractivity contribution in [3.63, 3.8) is 0 Å². The highest BCUT2D eigenvalue weighted by Crippen LogP contribution is 2.23. The lowest BCUT2D eigenvalue weighted by molar-refractivity contribution is 0.0600. The quantitative estimate of drug-likeness (QED) is 0.852. The first kappa shape index (κ1) is 15.0. The van der Waals surface area contributed by atoms with Gasteiger partial charge in [-0.2, -0.15) is 0 Å². The summed E-state index contributed by atoms with van der Waals surface area (Å²) in [6, 6.07) is 11.8. The summed E-state index contributed by atoms with van der Waals surface area (Å²) in [4.78, 5) is 15.6. The van der Waals surface area contributed by atoms with Gasteiger partial charge in [0.15, 0.2) is 0 Å². The fourth-order valence-electron chi connectivity index (χ4n) is 2.11. The molecule has 0 spiro atoms. The summed E-state index contributed by atoms with van der Waals surface area (Å²) in [5.41, 5.74) is 3.74. The second-order valence-electron chi connectivity index (χ2n) is 5.13. The number of pyridine rings is 1. The number of nitrogens with one attached hydrogen (secondary N) is 1. The Morgan fingerprint density at radius 1 is 1.24 bits per heavy atom. The molecule has 0 radical (unpaired) electrons. The van der Waals surface area contributed by atoms with E-state index in [1.54, 1.807) is 6.07 Å². The zero-order chi connectivity index (χ0) is 15.2. The summed E-state index contributed by atoms with van der Waals surface area (Å²) < 4.78 is 4.65. The summed E-state index contributed by atoms with van der Waals surface area (Å²) in [7, 11) is 1.36. The molecule has 0 unspecified atom stereocenters. The number of methoxy groups -OCH3 is 1. The summed E-state index contributed by atoms with van der Waals surface area (Å²) in [5.74, 6) is 0.0931. The minimum atomic E-state index is -0.368. The first-order chi connectivity index (χ1) is 10.1. The Labute approximate surface area is 125 Å². The molecule has 4 nitrogen and oxygen atoms in total. The van der Waals surface area contributed by atoms with Crippen molar-refractivity contribution in [3.05, 3.63) is 59.4 Å². The first-order valence-electron chi connectivity index (χ1n) is 6.98. The van der Waals surface area contributed by atoms with E-state index in [1.807, 2.05) is 18.2 Å². The predicted molar refractivity (Wildman–Crippen MR) is 83.4 cm³/mol. The first-order valence-corrected chi connectivity index (χ1v) is 6.98. The van der Waals surface area contributed by atoms with Crippen LogP contribution < -0.4 is 5.32 Å². The molecule has 0 aliphatic carbocycles. The molecule has 1 aromatic carbocycles. The molecule has 0 bridgehead atoms.